The lowest BCUT2D eigenvalue weighted by atomic mass is 10.2. The average molecular weight is 252 g/mol. The first-order valence-corrected chi connectivity index (χ1v) is 6.04. The van der Waals surface area contributed by atoms with Crippen molar-refractivity contribution in [3.63, 3.8) is 0 Å². The predicted molar refractivity (Wildman–Crippen MR) is 73.5 cm³/mol. The van der Waals surface area contributed by atoms with Gasteiger partial charge in [0.1, 0.15) is 0 Å². The third-order valence-corrected chi connectivity index (χ3v) is 2.97. The zero-order chi connectivity index (χ0) is 13.7. The highest BCUT2D eigenvalue weighted by Gasteiger charge is 2.13. The quantitative estimate of drug-likeness (QED) is 0.351. The van der Waals surface area contributed by atoms with E-state index in [-0.39, 0.29) is 11.9 Å². The Bertz CT molecular complexity index is 419. The summed E-state index contributed by atoms with van der Waals surface area (Å²) in [5.41, 5.74) is 6.93. The van der Waals surface area contributed by atoms with Crippen LogP contribution in [-0.2, 0) is 0 Å². The standard InChI is InChI=1S/C12H20N4O2/c1-4-15(5-2)9(3)14-12-7-6-10(16(17)18)8-11(12)13/h6-9,14H,4-5,13H2,1-3H3. The topological polar surface area (TPSA) is 84.4 Å². The van der Waals surface area contributed by atoms with Gasteiger partial charge in [0.15, 0.2) is 0 Å². The van der Waals surface area contributed by atoms with Gasteiger partial charge in [-0.2, -0.15) is 0 Å². The molecule has 1 aromatic rings. The van der Waals surface area contributed by atoms with Crippen molar-refractivity contribution in [2.24, 2.45) is 0 Å². The van der Waals surface area contributed by atoms with Gasteiger partial charge in [0.05, 0.1) is 22.5 Å². The van der Waals surface area contributed by atoms with E-state index in [4.69, 9.17) is 5.73 Å². The van der Waals surface area contributed by atoms with Crippen LogP contribution in [0.15, 0.2) is 18.2 Å². The molecule has 0 bridgehead atoms. The van der Waals surface area contributed by atoms with Crippen LogP contribution in [0.1, 0.15) is 20.8 Å². The summed E-state index contributed by atoms with van der Waals surface area (Å²) in [6.45, 7) is 8.06. The molecule has 0 fully saturated rings. The van der Waals surface area contributed by atoms with Gasteiger partial charge in [-0.05, 0) is 26.1 Å². The summed E-state index contributed by atoms with van der Waals surface area (Å²) in [5, 5.41) is 13.9. The third kappa shape index (κ3) is 3.33. The molecular weight excluding hydrogens is 232 g/mol. The van der Waals surface area contributed by atoms with Crippen LogP contribution in [-0.4, -0.2) is 29.1 Å². The van der Waals surface area contributed by atoms with Crippen molar-refractivity contribution in [3.05, 3.63) is 28.3 Å². The lowest BCUT2D eigenvalue weighted by Gasteiger charge is -2.28. The van der Waals surface area contributed by atoms with Crippen molar-refractivity contribution >= 4 is 17.1 Å². The van der Waals surface area contributed by atoms with Crippen molar-refractivity contribution < 1.29 is 4.92 Å². The van der Waals surface area contributed by atoms with Gasteiger partial charge in [0, 0.05) is 12.1 Å². The number of nitro groups is 1. The summed E-state index contributed by atoms with van der Waals surface area (Å²) in [6.07, 6.45) is 0.128. The van der Waals surface area contributed by atoms with Crippen molar-refractivity contribution in [1.82, 2.24) is 4.90 Å². The molecule has 0 aliphatic rings. The lowest BCUT2D eigenvalue weighted by molar-refractivity contribution is -0.384. The molecule has 0 spiro atoms. The molecule has 1 atom stereocenters. The fraction of sp³-hybridized carbons (Fsp3) is 0.500. The summed E-state index contributed by atoms with van der Waals surface area (Å²) >= 11 is 0. The molecule has 1 aromatic carbocycles. The van der Waals surface area contributed by atoms with E-state index in [1.807, 2.05) is 6.92 Å². The van der Waals surface area contributed by atoms with Gasteiger partial charge >= 0.3 is 0 Å². The molecule has 0 amide bonds. The first-order valence-electron chi connectivity index (χ1n) is 6.04. The monoisotopic (exact) mass is 252 g/mol. The smallest absolute Gasteiger partial charge is 0.271 e. The zero-order valence-corrected chi connectivity index (χ0v) is 11.0. The van der Waals surface area contributed by atoms with E-state index in [0.29, 0.717) is 5.69 Å². The number of nitro benzene ring substituents is 1. The van der Waals surface area contributed by atoms with E-state index in [1.165, 1.54) is 12.1 Å². The fourth-order valence-electron chi connectivity index (χ4n) is 1.88. The molecule has 100 valence electrons. The molecule has 1 rings (SSSR count). The number of rotatable bonds is 6. The van der Waals surface area contributed by atoms with Crippen LogP contribution in [0.2, 0.25) is 0 Å². The Morgan fingerprint density at radius 3 is 2.50 bits per heavy atom. The Morgan fingerprint density at radius 2 is 2.06 bits per heavy atom. The fourth-order valence-corrected chi connectivity index (χ4v) is 1.88. The van der Waals surface area contributed by atoms with Crippen LogP contribution < -0.4 is 11.1 Å². The van der Waals surface area contributed by atoms with Crippen molar-refractivity contribution in [2.75, 3.05) is 24.1 Å². The minimum absolute atomic E-state index is 0.00791. The molecule has 6 nitrogen and oxygen atoms in total. The highest BCUT2D eigenvalue weighted by atomic mass is 16.6. The molecule has 0 saturated heterocycles. The summed E-state index contributed by atoms with van der Waals surface area (Å²) in [6, 6.07) is 4.47. The van der Waals surface area contributed by atoms with E-state index < -0.39 is 4.92 Å². The second-order valence-electron chi connectivity index (χ2n) is 4.07. The minimum Gasteiger partial charge on any atom is -0.397 e. The van der Waals surface area contributed by atoms with Gasteiger partial charge in [-0.1, -0.05) is 13.8 Å². The second kappa shape index (κ2) is 6.20. The number of nitrogens with two attached hydrogens (primary N) is 1. The number of hydrogen-bond acceptors (Lipinski definition) is 5. The van der Waals surface area contributed by atoms with Crippen molar-refractivity contribution in [3.8, 4) is 0 Å². The summed E-state index contributed by atoms with van der Waals surface area (Å²) < 4.78 is 0. The van der Waals surface area contributed by atoms with Crippen molar-refractivity contribution in [2.45, 2.75) is 26.9 Å². The number of nitrogens with one attached hydrogen (secondary N) is 1. The summed E-state index contributed by atoms with van der Waals surface area (Å²) in [5.74, 6) is 0. The first kappa shape index (κ1) is 14.2. The van der Waals surface area contributed by atoms with E-state index in [2.05, 4.69) is 24.1 Å². The second-order valence-corrected chi connectivity index (χ2v) is 4.07. The van der Waals surface area contributed by atoms with Crippen LogP contribution in [0.3, 0.4) is 0 Å². The van der Waals surface area contributed by atoms with Gasteiger partial charge < -0.3 is 11.1 Å². The van der Waals surface area contributed by atoms with Crippen LogP contribution in [0, 0.1) is 10.1 Å². The highest BCUT2D eigenvalue weighted by molar-refractivity contribution is 5.69. The molecule has 6 heteroatoms. The first-order chi connectivity index (χ1) is 8.49. The zero-order valence-electron chi connectivity index (χ0n) is 11.0. The Kier molecular flexibility index (Phi) is 4.91. The predicted octanol–water partition coefficient (Wildman–Crippen LogP) is 2.28. The van der Waals surface area contributed by atoms with Crippen molar-refractivity contribution in [1.29, 1.82) is 0 Å². The Morgan fingerprint density at radius 1 is 1.44 bits per heavy atom. The summed E-state index contributed by atoms with van der Waals surface area (Å²) in [4.78, 5) is 12.4. The maximum absolute atomic E-state index is 10.6. The minimum atomic E-state index is -0.450. The largest absolute Gasteiger partial charge is 0.397 e. The molecular formula is C12H20N4O2. The Labute approximate surface area is 107 Å². The summed E-state index contributed by atoms with van der Waals surface area (Å²) in [7, 11) is 0. The van der Waals surface area contributed by atoms with Gasteiger partial charge in [0.2, 0.25) is 0 Å². The molecule has 0 aliphatic heterocycles. The lowest BCUT2D eigenvalue weighted by Crippen LogP contribution is -2.38. The molecule has 0 heterocycles. The third-order valence-electron chi connectivity index (χ3n) is 2.97. The highest BCUT2D eigenvalue weighted by Crippen LogP contribution is 2.24. The number of nitrogen functional groups attached to an aromatic ring is 1. The number of hydrogen-bond donors (Lipinski definition) is 2. The Hall–Kier alpha value is -1.82. The molecule has 18 heavy (non-hydrogen) atoms. The SMILES string of the molecule is CCN(CC)C(C)Nc1ccc([N+](=O)[O-])cc1N. The van der Waals surface area contributed by atoms with Crippen LogP contribution in [0.25, 0.3) is 0 Å². The van der Waals surface area contributed by atoms with Gasteiger partial charge in [-0.3, -0.25) is 15.0 Å². The number of benzene rings is 1. The van der Waals surface area contributed by atoms with Crippen LogP contribution >= 0.6 is 0 Å². The number of nitrogens with zero attached hydrogens (tertiary/aromatic N) is 2. The van der Waals surface area contributed by atoms with Gasteiger partial charge in [-0.15, -0.1) is 0 Å². The van der Waals surface area contributed by atoms with E-state index in [1.54, 1.807) is 6.07 Å². The number of anilines is 2. The molecule has 0 saturated carbocycles. The average Bonchev–Trinajstić information content (AvgIpc) is 2.33. The number of non-ortho nitro benzene ring substituents is 1. The van der Waals surface area contributed by atoms with Gasteiger partial charge in [-0.25, -0.2) is 0 Å². The van der Waals surface area contributed by atoms with Gasteiger partial charge in [0.25, 0.3) is 5.69 Å². The van der Waals surface area contributed by atoms with Crippen LogP contribution in [0.4, 0.5) is 17.1 Å². The molecule has 0 aliphatic carbocycles. The van der Waals surface area contributed by atoms with E-state index >= 15 is 0 Å². The van der Waals surface area contributed by atoms with Crippen LogP contribution in [0.5, 0.6) is 0 Å². The Balaban J connectivity index is 2.82. The molecule has 3 N–H and O–H groups in total. The van der Waals surface area contributed by atoms with E-state index in [0.717, 1.165) is 18.8 Å². The van der Waals surface area contributed by atoms with E-state index in [9.17, 15) is 10.1 Å². The molecule has 0 aromatic heterocycles. The molecule has 1 unspecified atom stereocenters. The normalized spacial score (nSPS) is 12.4. The maximum atomic E-state index is 10.6. The molecule has 0 radical (unpaired) electrons. The maximum Gasteiger partial charge on any atom is 0.271 e.